The van der Waals surface area contributed by atoms with Crippen LogP contribution in [0.4, 0.5) is 5.82 Å². The van der Waals surface area contributed by atoms with E-state index in [2.05, 4.69) is 77.9 Å². The molecular formula is C17H21BrN2. The number of likely N-dealkylation sites (N-methyl/N-ethyl adjacent to an activating group) is 1. The molecule has 0 aliphatic rings. The van der Waals surface area contributed by atoms with Crippen molar-refractivity contribution in [1.29, 1.82) is 0 Å². The van der Waals surface area contributed by atoms with E-state index >= 15 is 0 Å². The van der Waals surface area contributed by atoms with Crippen LogP contribution >= 0.6 is 15.9 Å². The zero-order valence-electron chi connectivity index (χ0n) is 12.6. The number of aryl methyl sites for hydroxylation is 3. The van der Waals surface area contributed by atoms with Crippen molar-refractivity contribution >= 4 is 21.7 Å². The van der Waals surface area contributed by atoms with Crippen LogP contribution in [0.1, 0.15) is 22.3 Å². The summed E-state index contributed by atoms with van der Waals surface area (Å²) in [5.41, 5.74) is 5.31. The fraction of sp³-hybridized carbons (Fsp3) is 0.353. The zero-order valence-corrected chi connectivity index (χ0v) is 14.2. The Kier molecular flexibility index (Phi) is 4.81. The second kappa shape index (κ2) is 6.40. The van der Waals surface area contributed by atoms with Crippen LogP contribution < -0.4 is 4.90 Å². The first-order chi connectivity index (χ1) is 9.47. The summed E-state index contributed by atoms with van der Waals surface area (Å²) >= 11 is 3.46. The van der Waals surface area contributed by atoms with E-state index in [4.69, 9.17) is 0 Å². The summed E-state index contributed by atoms with van der Waals surface area (Å²) in [6.45, 7) is 7.39. The van der Waals surface area contributed by atoms with Gasteiger partial charge in [0.25, 0.3) is 0 Å². The maximum absolute atomic E-state index is 4.51. The summed E-state index contributed by atoms with van der Waals surface area (Å²) < 4.78 is 1.03. The normalized spacial score (nSPS) is 10.7. The predicted octanol–water partition coefficient (Wildman–Crippen LogP) is 4.45. The smallest absolute Gasteiger partial charge is 0.131 e. The van der Waals surface area contributed by atoms with Crippen molar-refractivity contribution in [2.45, 2.75) is 27.2 Å². The number of hydrogen-bond donors (Lipinski definition) is 0. The third-order valence-corrected chi connectivity index (χ3v) is 4.03. The Balaban J connectivity index is 2.06. The predicted molar refractivity (Wildman–Crippen MR) is 89.6 cm³/mol. The quantitative estimate of drug-likeness (QED) is 0.822. The highest BCUT2D eigenvalue weighted by atomic mass is 79.9. The first-order valence-electron chi connectivity index (χ1n) is 6.87. The molecule has 2 rings (SSSR count). The Labute approximate surface area is 130 Å². The second-order valence-electron chi connectivity index (χ2n) is 5.40. The van der Waals surface area contributed by atoms with Crippen LogP contribution in [0.3, 0.4) is 0 Å². The van der Waals surface area contributed by atoms with E-state index < -0.39 is 0 Å². The molecule has 0 amide bonds. The van der Waals surface area contributed by atoms with Gasteiger partial charge in [-0.25, -0.2) is 4.98 Å². The van der Waals surface area contributed by atoms with E-state index in [1.54, 1.807) is 0 Å². The Bertz CT molecular complexity index is 608. The second-order valence-corrected chi connectivity index (χ2v) is 6.31. The molecule has 1 aromatic heterocycles. The summed E-state index contributed by atoms with van der Waals surface area (Å²) in [4.78, 5) is 6.73. The number of aromatic nitrogens is 1. The van der Waals surface area contributed by atoms with E-state index in [0.29, 0.717) is 0 Å². The van der Waals surface area contributed by atoms with E-state index in [-0.39, 0.29) is 0 Å². The number of nitrogens with zero attached hydrogens (tertiary/aromatic N) is 2. The highest BCUT2D eigenvalue weighted by Crippen LogP contribution is 2.20. The van der Waals surface area contributed by atoms with Crippen molar-refractivity contribution in [3.05, 3.63) is 57.2 Å². The Hall–Kier alpha value is -1.35. The number of hydrogen-bond acceptors (Lipinski definition) is 2. The Morgan fingerprint density at radius 2 is 1.85 bits per heavy atom. The molecule has 0 aliphatic carbocycles. The maximum Gasteiger partial charge on any atom is 0.131 e. The average molecular weight is 333 g/mol. The SMILES string of the molecule is Cc1ccc(CCN(C)c2ncc(Br)cc2C)c(C)c1. The summed E-state index contributed by atoms with van der Waals surface area (Å²) in [6, 6.07) is 8.78. The van der Waals surface area contributed by atoms with Gasteiger partial charge >= 0.3 is 0 Å². The van der Waals surface area contributed by atoms with Gasteiger partial charge < -0.3 is 4.90 Å². The van der Waals surface area contributed by atoms with E-state index in [9.17, 15) is 0 Å². The molecule has 0 bridgehead atoms. The average Bonchev–Trinajstić information content (AvgIpc) is 2.37. The largest absolute Gasteiger partial charge is 0.359 e. The van der Waals surface area contributed by atoms with Gasteiger partial charge in [0, 0.05) is 24.3 Å². The number of benzene rings is 1. The van der Waals surface area contributed by atoms with Crippen molar-refractivity contribution in [2.24, 2.45) is 0 Å². The lowest BCUT2D eigenvalue weighted by molar-refractivity contribution is 0.850. The molecule has 0 N–H and O–H groups in total. The lowest BCUT2D eigenvalue weighted by Gasteiger charge is -2.20. The van der Waals surface area contributed by atoms with Crippen LogP contribution in [-0.4, -0.2) is 18.6 Å². The topological polar surface area (TPSA) is 16.1 Å². The zero-order chi connectivity index (χ0) is 14.7. The van der Waals surface area contributed by atoms with E-state index in [1.807, 2.05) is 6.20 Å². The lowest BCUT2D eigenvalue weighted by Crippen LogP contribution is -2.22. The van der Waals surface area contributed by atoms with Crippen LogP contribution in [0.25, 0.3) is 0 Å². The molecule has 0 unspecified atom stereocenters. The molecule has 1 aromatic carbocycles. The molecule has 106 valence electrons. The van der Waals surface area contributed by atoms with Crippen molar-refractivity contribution in [3.8, 4) is 0 Å². The number of halogens is 1. The molecule has 1 heterocycles. The third kappa shape index (κ3) is 3.60. The fourth-order valence-electron chi connectivity index (χ4n) is 2.45. The maximum atomic E-state index is 4.51. The van der Waals surface area contributed by atoms with Gasteiger partial charge in [-0.2, -0.15) is 0 Å². The summed E-state index contributed by atoms with van der Waals surface area (Å²) in [5, 5.41) is 0. The van der Waals surface area contributed by atoms with Crippen LogP contribution in [0.15, 0.2) is 34.9 Å². The van der Waals surface area contributed by atoms with Gasteiger partial charge in [0.05, 0.1) is 0 Å². The van der Waals surface area contributed by atoms with Crippen molar-refractivity contribution in [3.63, 3.8) is 0 Å². The summed E-state index contributed by atoms with van der Waals surface area (Å²) in [6.07, 6.45) is 2.90. The minimum absolute atomic E-state index is 0.972. The van der Waals surface area contributed by atoms with Crippen LogP contribution in [0.2, 0.25) is 0 Å². The van der Waals surface area contributed by atoms with Gasteiger partial charge in [0.1, 0.15) is 5.82 Å². The Morgan fingerprint density at radius 3 is 2.50 bits per heavy atom. The van der Waals surface area contributed by atoms with E-state index in [0.717, 1.165) is 23.3 Å². The van der Waals surface area contributed by atoms with Crippen molar-refractivity contribution < 1.29 is 0 Å². The van der Waals surface area contributed by atoms with Gasteiger partial charge in [-0.1, -0.05) is 23.8 Å². The van der Waals surface area contributed by atoms with Gasteiger partial charge in [-0.3, -0.25) is 0 Å². The molecule has 0 saturated carbocycles. The number of anilines is 1. The highest BCUT2D eigenvalue weighted by Gasteiger charge is 2.07. The van der Waals surface area contributed by atoms with Crippen LogP contribution in [0.5, 0.6) is 0 Å². The standard InChI is InChI=1S/C17H21BrN2/c1-12-5-6-15(13(2)9-12)7-8-20(4)17-14(3)10-16(18)11-19-17/h5-6,9-11H,7-8H2,1-4H3. The first kappa shape index (κ1) is 15.0. The molecule has 0 spiro atoms. The van der Waals surface area contributed by atoms with Gasteiger partial charge in [-0.15, -0.1) is 0 Å². The van der Waals surface area contributed by atoms with Crippen molar-refractivity contribution in [1.82, 2.24) is 4.98 Å². The Morgan fingerprint density at radius 1 is 1.10 bits per heavy atom. The molecule has 0 radical (unpaired) electrons. The highest BCUT2D eigenvalue weighted by molar-refractivity contribution is 9.10. The van der Waals surface area contributed by atoms with Crippen molar-refractivity contribution in [2.75, 3.05) is 18.5 Å². The third-order valence-electron chi connectivity index (χ3n) is 3.59. The number of pyridine rings is 1. The van der Waals surface area contributed by atoms with Crippen LogP contribution in [-0.2, 0) is 6.42 Å². The molecule has 0 saturated heterocycles. The van der Waals surface area contributed by atoms with Gasteiger partial charge in [-0.05, 0) is 65.9 Å². The van der Waals surface area contributed by atoms with Crippen LogP contribution in [0, 0.1) is 20.8 Å². The van der Waals surface area contributed by atoms with Gasteiger partial charge in [0.2, 0.25) is 0 Å². The number of rotatable bonds is 4. The molecule has 0 aliphatic heterocycles. The molecular weight excluding hydrogens is 312 g/mol. The van der Waals surface area contributed by atoms with Gasteiger partial charge in [0.15, 0.2) is 0 Å². The summed E-state index contributed by atoms with van der Waals surface area (Å²) in [5.74, 6) is 1.05. The minimum atomic E-state index is 0.972. The monoisotopic (exact) mass is 332 g/mol. The fourth-order valence-corrected chi connectivity index (χ4v) is 2.90. The molecule has 2 nitrogen and oxygen atoms in total. The molecule has 3 heteroatoms. The molecule has 0 atom stereocenters. The first-order valence-corrected chi connectivity index (χ1v) is 7.66. The molecule has 0 fully saturated rings. The minimum Gasteiger partial charge on any atom is -0.359 e. The summed E-state index contributed by atoms with van der Waals surface area (Å²) in [7, 11) is 2.10. The molecule has 20 heavy (non-hydrogen) atoms. The molecule has 2 aromatic rings. The lowest BCUT2D eigenvalue weighted by atomic mass is 10.0. The van der Waals surface area contributed by atoms with E-state index in [1.165, 1.54) is 22.3 Å².